The van der Waals surface area contributed by atoms with Crippen molar-refractivity contribution < 1.29 is 19.1 Å². The fourth-order valence-corrected chi connectivity index (χ4v) is 5.69. The molecule has 0 aliphatic carbocycles. The molecule has 5 unspecified atom stereocenters. The highest BCUT2D eigenvalue weighted by Gasteiger charge is 2.45. The van der Waals surface area contributed by atoms with Crippen LogP contribution in [-0.4, -0.2) is 77.8 Å². The Labute approximate surface area is 164 Å². The van der Waals surface area contributed by atoms with Crippen molar-refractivity contribution in [2.45, 2.75) is 50.7 Å². The van der Waals surface area contributed by atoms with E-state index in [1.54, 1.807) is 18.7 Å². The molecule has 3 aliphatic heterocycles. The Morgan fingerprint density at radius 1 is 1.15 bits per heavy atom. The van der Waals surface area contributed by atoms with Gasteiger partial charge in [0.25, 0.3) is 5.91 Å². The van der Waals surface area contributed by atoms with Crippen molar-refractivity contribution in [3.8, 4) is 0 Å². The molecular formula is C18H30N4O4S. The normalized spacial score (nSPS) is 34.1. The molecule has 3 amide bonds. The van der Waals surface area contributed by atoms with Crippen molar-refractivity contribution in [2.75, 3.05) is 32.5 Å². The molecule has 0 aromatic rings. The second-order valence-electron chi connectivity index (χ2n) is 7.75. The summed E-state index contributed by atoms with van der Waals surface area (Å²) in [7, 11) is 1.99. The van der Waals surface area contributed by atoms with Crippen molar-refractivity contribution >= 4 is 29.7 Å². The lowest BCUT2D eigenvalue weighted by atomic mass is 9.95. The van der Waals surface area contributed by atoms with Crippen molar-refractivity contribution in [1.29, 1.82) is 0 Å². The molecule has 3 heterocycles. The molecule has 152 valence electrons. The molecular weight excluding hydrogens is 368 g/mol. The molecule has 0 radical (unpaired) electrons. The molecule has 0 aromatic carbocycles. The Balaban J connectivity index is 1.60. The van der Waals surface area contributed by atoms with Crippen LogP contribution in [0.15, 0.2) is 0 Å². The number of nitrogens with zero attached hydrogens (tertiary/aromatic N) is 2. The summed E-state index contributed by atoms with van der Waals surface area (Å²) in [6.07, 6.45) is 1.94. The van der Waals surface area contributed by atoms with Crippen molar-refractivity contribution in [3.05, 3.63) is 0 Å². The molecule has 0 bridgehead atoms. The number of alkyl carbamates (subject to hydrolysis) is 1. The van der Waals surface area contributed by atoms with Gasteiger partial charge < -0.3 is 10.1 Å². The van der Waals surface area contributed by atoms with E-state index in [1.807, 2.05) is 7.05 Å². The van der Waals surface area contributed by atoms with Crippen LogP contribution < -0.4 is 10.6 Å². The third-order valence-electron chi connectivity index (χ3n) is 5.66. The molecule has 9 heteroatoms. The van der Waals surface area contributed by atoms with Crippen molar-refractivity contribution in [2.24, 2.45) is 11.8 Å². The quantitative estimate of drug-likeness (QED) is 0.725. The van der Waals surface area contributed by atoms with Gasteiger partial charge in [0.15, 0.2) is 0 Å². The summed E-state index contributed by atoms with van der Waals surface area (Å²) in [6, 6.07) is 0.432. The van der Waals surface area contributed by atoms with Gasteiger partial charge in [0.1, 0.15) is 6.17 Å². The number of ether oxygens (including phenoxy) is 1. The zero-order valence-corrected chi connectivity index (χ0v) is 17.1. The number of hydrogen-bond donors (Lipinski definition) is 2. The van der Waals surface area contributed by atoms with Gasteiger partial charge in [-0.3, -0.25) is 24.7 Å². The number of carbonyl (C=O) groups excluding carboxylic acids is 3. The summed E-state index contributed by atoms with van der Waals surface area (Å²) in [5, 5.41) is 5.01. The second kappa shape index (κ2) is 8.79. The lowest BCUT2D eigenvalue weighted by Crippen LogP contribution is -2.55. The number of likely N-dealkylation sites (N-methyl/N-ethyl adjacent to an activating group) is 1. The maximum atomic E-state index is 13.0. The lowest BCUT2D eigenvalue weighted by molar-refractivity contribution is -0.131. The Kier molecular flexibility index (Phi) is 6.65. The van der Waals surface area contributed by atoms with Crippen LogP contribution in [0, 0.1) is 11.8 Å². The fourth-order valence-electron chi connectivity index (χ4n) is 4.35. The smallest absolute Gasteiger partial charge is 0.413 e. The number of fused-ring (bicyclic) bond motifs is 1. The van der Waals surface area contributed by atoms with E-state index in [9.17, 15) is 14.4 Å². The highest BCUT2D eigenvalue weighted by Crippen LogP contribution is 2.33. The minimum atomic E-state index is -0.731. The molecule has 3 rings (SSSR count). The van der Waals surface area contributed by atoms with Crippen LogP contribution in [0.5, 0.6) is 0 Å². The summed E-state index contributed by atoms with van der Waals surface area (Å²) in [5.41, 5.74) is 0. The predicted octanol–water partition coefficient (Wildman–Crippen LogP) is 0.827. The van der Waals surface area contributed by atoms with E-state index in [2.05, 4.69) is 27.4 Å². The van der Waals surface area contributed by atoms with Gasteiger partial charge in [-0.05, 0) is 44.9 Å². The van der Waals surface area contributed by atoms with Gasteiger partial charge in [0, 0.05) is 19.1 Å². The maximum absolute atomic E-state index is 13.0. The van der Waals surface area contributed by atoms with Gasteiger partial charge in [-0.2, -0.15) is 0 Å². The van der Waals surface area contributed by atoms with Crippen LogP contribution in [0.2, 0.25) is 0 Å². The Morgan fingerprint density at radius 2 is 1.93 bits per heavy atom. The topological polar surface area (TPSA) is 91.0 Å². The number of hydrogen-bond acceptors (Lipinski definition) is 7. The van der Waals surface area contributed by atoms with E-state index in [0.29, 0.717) is 18.4 Å². The number of thioether (sulfide) groups is 1. The van der Waals surface area contributed by atoms with Crippen molar-refractivity contribution in [3.63, 3.8) is 0 Å². The van der Waals surface area contributed by atoms with Crippen LogP contribution in [0.25, 0.3) is 0 Å². The molecule has 3 saturated heterocycles. The second-order valence-corrected chi connectivity index (χ2v) is 9.00. The maximum Gasteiger partial charge on any atom is 0.413 e. The van der Waals surface area contributed by atoms with Crippen LogP contribution in [0.4, 0.5) is 4.79 Å². The molecule has 27 heavy (non-hydrogen) atoms. The number of piperidine rings is 1. The van der Waals surface area contributed by atoms with Gasteiger partial charge in [0.2, 0.25) is 5.91 Å². The van der Waals surface area contributed by atoms with Gasteiger partial charge >= 0.3 is 6.09 Å². The third-order valence-corrected chi connectivity index (χ3v) is 6.94. The van der Waals surface area contributed by atoms with Gasteiger partial charge in [-0.1, -0.05) is 6.92 Å². The van der Waals surface area contributed by atoms with E-state index >= 15 is 0 Å². The van der Waals surface area contributed by atoms with Crippen LogP contribution in [0.1, 0.15) is 33.1 Å². The van der Waals surface area contributed by atoms with Gasteiger partial charge in [0.05, 0.1) is 17.9 Å². The summed E-state index contributed by atoms with van der Waals surface area (Å²) in [4.78, 5) is 41.3. The fraction of sp³-hybridized carbons (Fsp3) is 0.833. The molecule has 0 spiro atoms. The van der Waals surface area contributed by atoms with E-state index in [0.717, 1.165) is 25.3 Å². The predicted molar refractivity (Wildman–Crippen MR) is 103 cm³/mol. The molecule has 8 nitrogen and oxygen atoms in total. The molecule has 5 atom stereocenters. The van der Waals surface area contributed by atoms with Gasteiger partial charge in [-0.25, -0.2) is 4.79 Å². The summed E-state index contributed by atoms with van der Waals surface area (Å²) >= 11 is 1.56. The number of amides is 3. The number of rotatable bonds is 4. The monoisotopic (exact) mass is 398 g/mol. The first kappa shape index (κ1) is 20.4. The Hall–Kier alpha value is -1.32. The standard InChI is InChI=1S/C18H30N4O4S/c1-4-26-18(25)20-14(23)13-7-8-27-16(13)19-15(24)17-21(3)10-12-6-5-11(2)9-22(12)17/h11-13,16-17H,4-10H2,1-3H3,(H,19,24)(H,20,23,25). The van der Waals surface area contributed by atoms with E-state index in [4.69, 9.17) is 4.74 Å². The third kappa shape index (κ3) is 4.57. The van der Waals surface area contributed by atoms with Gasteiger partial charge in [-0.15, -0.1) is 11.8 Å². The summed E-state index contributed by atoms with van der Waals surface area (Å²) in [5.74, 6) is 0.504. The molecule has 0 saturated carbocycles. The SMILES string of the molecule is CCOC(=O)NC(=O)C1CCSC1NC(=O)C1N(C)CC2CCC(C)CN21. The minimum absolute atomic E-state index is 0.0533. The average Bonchev–Trinajstić information content (AvgIpc) is 3.18. The van der Waals surface area contributed by atoms with Crippen LogP contribution in [-0.2, 0) is 14.3 Å². The molecule has 3 fully saturated rings. The van der Waals surface area contributed by atoms with Crippen LogP contribution in [0.3, 0.4) is 0 Å². The summed E-state index contributed by atoms with van der Waals surface area (Å²) in [6.45, 7) is 5.95. The Morgan fingerprint density at radius 3 is 2.67 bits per heavy atom. The molecule has 3 aliphatic rings. The van der Waals surface area contributed by atoms with Crippen LogP contribution >= 0.6 is 11.8 Å². The number of nitrogens with one attached hydrogen (secondary N) is 2. The first-order chi connectivity index (χ1) is 12.9. The van der Waals surface area contributed by atoms with E-state index in [1.165, 1.54) is 6.42 Å². The zero-order chi connectivity index (χ0) is 19.6. The first-order valence-electron chi connectivity index (χ1n) is 9.76. The first-order valence-corrected chi connectivity index (χ1v) is 10.8. The largest absolute Gasteiger partial charge is 0.450 e. The zero-order valence-electron chi connectivity index (χ0n) is 16.3. The Bertz CT molecular complexity index is 590. The average molecular weight is 399 g/mol. The lowest BCUT2D eigenvalue weighted by Gasteiger charge is -2.36. The van der Waals surface area contributed by atoms with E-state index < -0.39 is 12.0 Å². The number of imide groups is 1. The highest BCUT2D eigenvalue weighted by molar-refractivity contribution is 8.00. The van der Waals surface area contributed by atoms with Crippen molar-refractivity contribution in [1.82, 2.24) is 20.4 Å². The molecule has 2 N–H and O–H groups in total. The van der Waals surface area contributed by atoms with E-state index in [-0.39, 0.29) is 30.0 Å². The molecule has 0 aromatic heterocycles. The summed E-state index contributed by atoms with van der Waals surface area (Å²) < 4.78 is 4.77. The highest BCUT2D eigenvalue weighted by atomic mass is 32.2. The minimum Gasteiger partial charge on any atom is -0.450 e. The number of carbonyl (C=O) groups is 3.